The maximum Gasteiger partial charge on any atom is 0.289 e. The lowest BCUT2D eigenvalue weighted by Crippen LogP contribution is -2.45. The van der Waals surface area contributed by atoms with Gasteiger partial charge in [-0.25, -0.2) is 8.42 Å². The highest BCUT2D eigenvalue weighted by Gasteiger charge is 2.37. The van der Waals surface area contributed by atoms with Crippen LogP contribution in [-0.2, 0) is 10.0 Å². The van der Waals surface area contributed by atoms with Gasteiger partial charge in [0.15, 0.2) is 4.90 Å². The van der Waals surface area contributed by atoms with Crippen LogP contribution < -0.4 is 0 Å². The van der Waals surface area contributed by atoms with Crippen molar-refractivity contribution < 1.29 is 18.4 Å². The molecule has 1 N–H and O–H groups in total. The van der Waals surface area contributed by atoms with Gasteiger partial charge in [0.2, 0.25) is 10.0 Å². The summed E-state index contributed by atoms with van der Waals surface area (Å²) in [6.45, 7) is -0.0295. The van der Waals surface area contributed by atoms with E-state index >= 15 is 0 Å². The van der Waals surface area contributed by atoms with E-state index in [4.69, 9.17) is 0 Å². The third-order valence-electron chi connectivity index (χ3n) is 3.49. The first kappa shape index (κ1) is 16.3. The van der Waals surface area contributed by atoms with Crippen LogP contribution in [0.5, 0.6) is 0 Å². The Kier molecular flexibility index (Phi) is 4.97. The maximum atomic E-state index is 12.7. The van der Waals surface area contributed by atoms with E-state index in [-0.39, 0.29) is 18.0 Å². The molecule has 9 heteroatoms. The minimum atomic E-state index is -4.02. The number of hydrogen-bond acceptors (Lipinski definition) is 5. The SMILES string of the molecule is O=[N+]([O-])c1ccc(Br)cc1S(=O)(=O)N1CCCCC1CO. The Bertz CT molecular complexity index is 649. The van der Waals surface area contributed by atoms with Gasteiger partial charge < -0.3 is 5.11 Å². The van der Waals surface area contributed by atoms with Gasteiger partial charge in [0.1, 0.15) is 0 Å². The number of nitro benzene ring substituents is 1. The average Bonchev–Trinajstić information content (AvgIpc) is 2.46. The molecule has 0 bridgehead atoms. The van der Waals surface area contributed by atoms with Crippen LogP contribution in [0, 0.1) is 10.1 Å². The Labute approximate surface area is 130 Å². The second-order valence-corrected chi connectivity index (χ2v) is 7.59. The second kappa shape index (κ2) is 6.39. The van der Waals surface area contributed by atoms with Crippen molar-refractivity contribution >= 4 is 31.6 Å². The van der Waals surface area contributed by atoms with Gasteiger partial charge in [0.25, 0.3) is 5.69 Å². The molecule has 0 aromatic heterocycles. The van der Waals surface area contributed by atoms with Crippen molar-refractivity contribution in [3.8, 4) is 0 Å². The lowest BCUT2D eigenvalue weighted by molar-refractivity contribution is -0.387. The van der Waals surface area contributed by atoms with Crippen molar-refractivity contribution in [3.05, 3.63) is 32.8 Å². The van der Waals surface area contributed by atoms with E-state index in [1.165, 1.54) is 16.4 Å². The fourth-order valence-electron chi connectivity index (χ4n) is 2.44. The maximum absolute atomic E-state index is 12.7. The summed E-state index contributed by atoms with van der Waals surface area (Å²) in [4.78, 5) is 10.0. The first-order chi connectivity index (χ1) is 9.87. The number of nitro groups is 1. The molecule has 1 heterocycles. The zero-order valence-corrected chi connectivity index (χ0v) is 13.5. The zero-order chi connectivity index (χ0) is 15.6. The summed E-state index contributed by atoms with van der Waals surface area (Å²) in [5, 5.41) is 20.4. The van der Waals surface area contributed by atoms with Gasteiger partial charge in [-0.05, 0) is 25.0 Å². The van der Waals surface area contributed by atoms with Gasteiger partial charge in [-0.15, -0.1) is 0 Å². The van der Waals surface area contributed by atoms with Gasteiger partial charge in [-0.1, -0.05) is 22.4 Å². The molecule has 2 rings (SSSR count). The average molecular weight is 379 g/mol. The molecule has 0 radical (unpaired) electrons. The molecule has 21 heavy (non-hydrogen) atoms. The van der Waals surface area contributed by atoms with E-state index in [0.717, 1.165) is 12.5 Å². The van der Waals surface area contributed by atoms with E-state index in [1.54, 1.807) is 0 Å². The highest BCUT2D eigenvalue weighted by molar-refractivity contribution is 9.10. The fraction of sp³-hybridized carbons (Fsp3) is 0.500. The standard InChI is InChI=1S/C12H15BrN2O5S/c13-9-4-5-11(15(17)18)12(7-9)21(19,20)14-6-2-1-3-10(14)8-16/h4-5,7,10,16H,1-3,6,8H2. The topological polar surface area (TPSA) is 101 Å². The summed E-state index contributed by atoms with van der Waals surface area (Å²) in [6, 6.07) is 3.30. The summed E-state index contributed by atoms with van der Waals surface area (Å²) in [7, 11) is -4.02. The number of nitrogens with zero attached hydrogens (tertiary/aromatic N) is 2. The predicted octanol–water partition coefficient (Wildman–Crippen LogP) is 1.89. The molecule has 7 nitrogen and oxygen atoms in total. The van der Waals surface area contributed by atoms with Crippen LogP contribution in [0.1, 0.15) is 19.3 Å². The Hall–Kier alpha value is -1.03. The molecule has 0 aliphatic carbocycles. The van der Waals surface area contributed by atoms with Crippen LogP contribution in [0.2, 0.25) is 0 Å². The molecule has 1 fully saturated rings. The summed E-state index contributed by atoms with van der Waals surface area (Å²) in [5.41, 5.74) is -0.458. The lowest BCUT2D eigenvalue weighted by atomic mass is 10.1. The Morgan fingerprint density at radius 2 is 2.14 bits per heavy atom. The zero-order valence-electron chi connectivity index (χ0n) is 11.1. The highest BCUT2D eigenvalue weighted by Crippen LogP contribution is 2.32. The van der Waals surface area contributed by atoms with Crippen molar-refractivity contribution in [3.63, 3.8) is 0 Å². The fourth-order valence-corrected chi connectivity index (χ4v) is 4.83. The largest absolute Gasteiger partial charge is 0.395 e. The summed E-state index contributed by atoms with van der Waals surface area (Å²) in [5.74, 6) is 0. The molecule has 0 saturated carbocycles. The van der Waals surface area contributed by atoms with E-state index in [2.05, 4.69) is 15.9 Å². The number of aliphatic hydroxyl groups is 1. The predicted molar refractivity (Wildman–Crippen MR) is 79.4 cm³/mol. The number of benzene rings is 1. The molecule has 1 aromatic carbocycles. The molecule has 1 atom stereocenters. The lowest BCUT2D eigenvalue weighted by Gasteiger charge is -2.33. The van der Waals surface area contributed by atoms with Crippen molar-refractivity contribution in [1.82, 2.24) is 4.31 Å². The number of halogens is 1. The van der Waals surface area contributed by atoms with Crippen molar-refractivity contribution in [2.24, 2.45) is 0 Å². The second-order valence-electron chi connectivity index (χ2n) is 4.82. The van der Waals surface area contributed by atoms with Gasteiger partial charge in [-0.3, -0.25) is 10.1 Å². The minimum absolute atomic E-state index is 0.261. The van der Waals surface area contributed by atoms with Gasteiger partial charge in [0, 0.05) is 23.1 Å². The van der Waals surface area contributed by atoms with Gasteiger partial charge in [0.05, 0.1) is 11.5 Å². The Morgan fingerprint density at radius 1 is 1.43 bits per heavy atom. The third-order valence-corrected chi connectivity index (χ3v) is 5.96. The van der Waals surface area contributed by atoms with Crippen molar-refractivity contribution in [2.75, 3.05) is 13.2 Å². The molecular formula is C12H15BrN2O5S. The van der Waals surface area contributed by atoms with Crippen LogP contribution in [-0.4, -0.2) is 41.9 Å². The monoisotopic (exact) mass is 378 g/mol. The molecule has 0 amide bonds. The van der Waals surface area contributed by atoms with E-state index < -0.39 is 26.7 Å². The smallest absolute Gasteiger partial charge is 0.289 e. The van der Waals surface area contributed by atoms with Crippen molar-refractivity contribution in [2.45, 2.75) is 30.2 Å². The van der Waals surface area contributed by atoms with Crippen LogP contribution >= 0.6 is 15.9 Å². The van der Waals surface area contributed by atoms with E-state index in [0.29, 0.717) is 17.3 Å². The molecule has 0 spiro atoms. The van der Waals surface area contributed by atoms with E-state index in [1.807, 2.05) is 0 Å². The molecule has 1 unspecified atom stereocenters. The number of aliphatic hydroxyl groups excluding tert-OH is 1. The normalized spacial score (nSPS) is 20.4. The molecule has 1 saturated heterocycles. The van der Waals surface area contributed by atoms with Crippen LogP contribution in [0.15, 0.2) is 27.6 Å². The molecule has 1 aromatic rings. The van der Waals surface area contributed by atoms with Crippen LogP contribution in [0.4, 0.5) is 5.69 Å². The highest BCUT2D eigenvalue weighted by atomic mass is 79.9. The first-order valence-electron chi connectivity index (χ1n) is 6.44. The number of rotatable bonds is 4. The Balaban J connectivity index is 2.53. The quantitative estimate of drug-likeness (QED) is 0.636. The molecule has 116 valence electrons. The van der Waals surface area contributed by atoms with Crippen LogP contribution in [0.25, 0.3) is 0 Å². The number of hydrogen-bond donors (Lipinski definition) is 1. The van der Waals surface area contributed by atoms with E-state index in [9.17, 15) is 23.6 Å². The third kappa shape index (κ3) is 3.25. The van der Waals surface area contributed by atoms with Crippen LogP contribution in [0.3, 0.4) is 0 Å². The molecular weight excluding hydrogens is 364 g/mol. The number of piperidine rings is 1. The molecule has 1 aliphatic heterocycles. The first-order valence-corrected chi connectivity index (χ1v) is 8.68. The summed E-state index contributed by atoms with van der Waals surface area (Å²) in [6.07, 6.45) is 2.06. The summed E-state index contributed by atoms with van der Waals surface area (Å²) >= 11 is 3.14. The van der Waals surface area contributed by atoms with Gasteiger partial charge >= 0.3 is 0 Å². The summed E-state index contributed by atoms with van der Waals surface area (Å²) < 4.78 is 27.1. The Morgan fingerprint density at radius 3 is 2.76 bits per heavy atom. The minimum Gasteiger partial charge on any atom is -0.395 e. The number of sulfonamides is 1. The molecule has 1 aliphatic rings. The van der Waals surface area contributed by atoms with Gasteiger partial charge in [-0.2, -0.15) is 4.31 Å². The van der Waals surface area contributed by atoms with Crippen molar-refractivity contribution in [1.29, 1.82) is 0 Å².